The number of nitrogens with zero attached hydrogens (tertiary/aromatic N) is 2. The molecule has 170 valence electrons. The third kappa shape index (κ3) is 4.52. The maximum absolute atomic E-state index is 12.3. The number of anilines is 1. The molecule has 0 fully saturated rings. The van der Waals surface area contributed by atoms with Crippen molar-refractivity contribution in [3.63, 3.8) is 0 Å². The van der Waals surface area contributed by atoms with Crippen LogP contribution in [0.2, 0.25) is 0 Å². The van der Waals surface area contributed by atoms with Gasteiger partial charge in [-0.15, -0.1) is 0 Å². The summed E-state index contributed by atoms with van der Waals surface area (Å²) in [5, 5.41) is 16.2. The predicted octanol–water partition coefficient (Wildman–Crippen LogP) is 5.23. The molecule has 0 saturated heterocycles. The van der Waals surface area contributed by atoms with Crippen molar-refractivity contribution < 1.29 is 14.7 Å². The van der Waals surface area contributed by atoms with Crippen LogP contribution >= 0.6 is 0 Å². The van der Waals surface area contributed by atoms with Gasteiger partial charge < -0.3 is 15.3 Å². The Labute approximate surface area is 198 Å². The van der Waals surface area contributed by atoms with E-state index in [4.69, 9.17) is 4.74 Å². The van der Waals surface area contributed by atoms with Gasteiger partial charge in [-0.3, -0.25) is 0 Å². The molecule has 0 aliphatic heterocycles. The van der Waals surface area contributed by atoms with Crippen LogP contribution in [0.4, 0.5) is 5.82 Å². The van der Waals surface area contributed by atoms with Crippen LogP contribution < -0.4 is 5.32 Å². The number of nitrogens with one attached hydrogen (secondary N) is 1. The second-order valence-corrected chi connectivity index (χ2v) is 7.55. The number of benzene rings is 3. The molecule has 6 nitrogen and oxygen atoms in total. The Balaban J connectivity index is 1.89. The molecule has 1 aromatic heterocycles. The molecule has 0 saturated carbocycles. The number of esters is 1. The summed E-state index contributed by atoms with van der Waals surface area (Å²) in [6.07, 6.45) is 0. The Kier molecular flexibility index (Phi) is 6.98. The lowest BCUT2D eigenvalue weighted by Gasteiger charge is -2.37. The maximum atomic E-state index is 12.3. The quantitative estimate of drug-likeness (QED) is 0.126. The summed E-state index contributed by atoms with van der Waals surface area (Å²) in [7, 11) is 0. The Morgan fingerprint density at radius 1 is 0.824 bits per heavy atom. The molecule has 34 heavy (non-hydrogen) atoms. The molecule has 0 atom stereocenters. The molecule has 3 aromatic carbocycles. The number of hydrogen-bond donors (Lipinski definition) is 2. The summed E-state index contributed by atoms with van der Waals surface area (Å²) in [6.45, 7) is 1.85. The minimum Gasteiger partial charge on any atom is -0.461 e. The van der Waals surface area contributed by atoms with Gasteiger partial charge in [-0.25, -0.2) is 9.78 Å². The fraction of sp³-hybridized carbons (Fsp3) is 0.107. The molecule has 4 aromatic rings. The molecular weight excluding hydrogens is 426 g/mol. The molecule has 0 spiro atoms. The van der Waals surface area contributed by atoms with Gasteiger partial charge in [-0.1, -0.05) is 102 Å². The van der Waals surface area contributed by atoms with Crippen LogP contribution in [-0.2, 0) is 15.1 Å². The number of carbonyl (C=O) groups excluding carboxylic acids is 1. The molecule has 4 rings (SSSR count). The van der Waals surface area contributed by atoms with Gasteiger partial charge in [0, 0.05) is 0 Å². The van der Waals surface area contributed by atoms with E-state index in [1.165, 1.54) is 0 Å². The minimum atomic E-state index is -0.782. The smallest absolute Gasteiger partial charge is 0.362 e. The van der Waals surface area contributed by atoms with Gasteiger partial charge >= 0.3 is 5.97 Å². The van der Waals surface area contributed by atoms with E-state index in [0.717, 1.165) is 16.7 Å². The highest BCUT2D eigenvalue weighted by Crippen LogP contribution is 2.39. The topological polar surface area (TPSA) is 83.8 Å². The first kappa shape index (κ1) is 22.7. The number of rotatable bonds is 8. The normalized spacial score (nSPS) is 11.6. The highest BCUT2D eigenvalue weighted by Gasteiger charge is 2.36. The highest BCUT2D eigenvalue weighted by molar-refractivity contribution is 6.42. The van der Waals surface area contributed by atoms with Crippen molar-refractivity contribution >= 4 is 17.5 Å². The number of pyridine rings is 1. The molecule has 0 aliphatic rings. The first-order valence-corrected chi connectivity index (χ1v) is 11.0. The lowest BCUT2D eigenvalue weighted by Crippen LogP contribution is -2.38. The van der Waals surface area contributed by atoms with Crippen LogP contribution in [0.25, 0.3) is 0 Å². The van der Waals surface area contributed by atoms with E-state index in [2.05, 4.69) is 51.9 Å². The molecule has 0 amide bonds. The van der Waals surface area contributed by atoms with Crippen LogP contribution in [0.3, 0.4) is 0 Å². The second-order valence-electron chi connectivity index (χ2n) is 7.55. The second kappa shape index (κ2) is 10.4. The van der Waals surface area contributed by atoms with Gasteiger partial charge in [-0.05, 0) is 35.7 Å². The zero-order valence-electron chi connectivity index (χ0n) is 18.8. The zero-order valence-corrected chi connectivity index (χ0v) is 18.8. The van der Waals surface area contributed by atoms with Crippen LogP contribution in [0.5, 0.6) is 0 Å². The van der Waals surface area contributed by atoms with Crippen LogP contribution in [0.15, 0.2) is 114 Å². The van der Waals surface area contributed by atoms with E-state index >= 15 is 0 Å². The van der Waals surface area contributed by atoms with Crippen molar-refractivity contribution in [1.82, 2.24) is 4.98 Å². The van der Waals surface area contributed by atoms with Gasteiger partial charge in [0.1, 0.15) is 17.1 Å². The van der Waals surface area contributed by atoms with E-state index in [0.29, 0.717) is 5.82 Å². The van der Waals surface area contributed by atoms with Gasteiger partial charge in [-0.2, -0.15) is 0 Å². The first-order chi connectivity index (χ1) is 16.7. The third-order valence-corrected chi connectivity index (χ3v) is 5.50. The van der Waals surface area contributed by atoms with Crippen molar-refractivity contribution in [2.45, 2.75) is 12.5 Å². The summed E-state index contributed by atoms with van der Waals surface area (Å²) in [4.78, 5) is 16.9. The number of aromatic nitrogens is 1. The Bertz CT molecular complexity index is 1160. The Morgan fingerprint density at radius 3 is 1.76 bits per heavy atom. The molecule has 6 heteroatoms. The average molecular weight is 452 g/mol. The van der Waals surface area contributed by atoms with E-state index < -0.39 is 11.5 Å². The van der Waals surface area contributed by atoms with Crippen molar-refractivity contribution in [3.05, 3.63) is 132 Å². The fourth-order valence-electron chi connectivity index (χ4n) is 4.01. The van der Waals surface area contributed by atoms with Gasteiger partial charge in [0.05, 0.1) is 6.61 Å². The Morgan fingerprint density at radius 2 is 1.32 bits per heavy atom. The van der Waals surface area contributed by atoms with E-state index in [9.17, 15) is 10.0 Å². The van der Waals surface area contributed by atoms with Gasteiger partial charge in [0.2, 0.25) is 5.71 Å². The molecule has 2 N–H and O–H groups in total. The van der Waals surface area contributed by atoms with Crippen LogP contribution in [0, 0.1) is 0 Å². The number of carbonyl (C=O) groups is 1. The molecular formula is C28H25N3O3. The fourth-order valence-corrected chi connectivity index (χ4v) is 4.01. The molecule has 1 heterocycles. The molecule has 0 unspecified atom stereocenters. The summed E-state index contributed by atoms with van der Waals surface area (Å²) < 4.78 is 5.01. The lowest BCUT2D eigenvalue weighted by atomic mass is 9.77. The summed E-state index contributed by atoms with van der Waals surface area (Å²) >= 11 is 0. The standard InChI is InChI=1S/C28H25N3O3/c1-2-34-27(32)26(31-33)24-19-12-20-25(29-24)30-28(21-13-6-3-7-14-21,22-15-8-4-9-16-22)23-17-10-5-11-18-23/h3-20,33H,2H2,1H3,(H,29,30)/b31-26-. The molecule has 0 aliphatic carbocycles. The van der Waals surface area contributed by atoms with Crippen molar-refractivity contribution in [2.75, 3.05) is 11.9 Å². The lowest BCUT2D eigenvalue weighted by molar-refractivity contribution is -0.135. The maximum Gasteiger partial charge on any atom is 0.362 e. The minimum absolute atomic E-state index is 0.162. The number of oxime groups is 1. The van der Waals surface area contributed by atoms with Crippen molar-refractivity contribution in [1.29, 1.82) is 0 Å². The van der Waals surface area contributed by atoms with E-state index in [1.54, 1.807) is 19.1 Å². The van der Waals surface area contributed by atoms with Crippen molar-refractivity contribution in [2.24, 2.45) is 5.16 Å². The summed E-state index contributed by atoms with van der Waals surface area (Å²) in [5.41, 5.74) is 2.21. The van der Waals surface area contributed by atoms with Gasteiger partial charge in [0.15, 0.2) is 0 Å². The largest absolute Gasteiger partial charge is 0.461 e. The monoisotopic (exact) mass is 451 g/mol. The SMILES string of the molecule is CCOC(=O)/C(=N\O)c1cccc(NC(c2ccccc2)(c2ccccc2)c2ccccc2)n1. The van der Waals surface area contributed by atoms with E-state index in [1.807, 2.05) is 60.7 Å². The predicted molar refractivity (Wildman–Crippen MR) is 132 cm³/mol. The third-order valence-electron chi connectivity index (χ3n) is 5.50. The highest BCUT2D eigenvalue weighted by atomic mass is 16.5. The van der Waals surface area contributed by atoms with Crippen molar-refractivity contribution in [3.8, 4) is 0 Å². The summed E-state index contributed by atoms with van der Waals surface area (Å²) in [6, 6.07) is 35.5. The van der Waals surface area contributed by atoms with Crippen LogP contribution in [0.1, 0.15) is 29.3 Å². The van der Waals surface area contributed by atoms with Gasteiger partial charge in [0.25, 0.3) is 0 Å². The van der Waals surface area contributed by atoms with E-state index in [-0.39, 0.29) is 18.0 Å². The molecule has 0 radical (unpaired) electrons. The Hall–Kier alpha value is -4.45. The molecule has 0 bridgehead atoms. The average Bonchev–Trinajstić information content (AvgIpc) is 2.90. The number of ether oxygens (including phenoxy) is 1. The first-order valence-electron chi connectivity index (χ1n) is 11.0. The zero-order chi connectivity index (χ0) is 23.8. The number of hydrogen-bond acceptors (Lipinski definition) is 6. The van der Waals surface area contributed by atoms with Crippen LogP contribution in [-0.4, -0.2) is 28.5 Å². The summed E-state index contributed by atoms with van der Waals surface area (Å²) in [5.74, 6) is -0.241.